The zero-order valence-electron chi connectivity index (χ0n) is 22.9. The summed E-state index contributed by atoms with van der Waals surface area (Å²) in [5.41, 5.74) is 9.15. The number of hydrogen-bond acceptors (Lipinski definition) is 0. The number of quaternary nitrogens is 2. The van der Waals surface area contributed by atoms with E-state index in [0.29, 0.717) is 0 Å². The lowest BCUT2D eigenvalue weighted by Crippen LogP contribution is -2.34. The molecule has 2 nitrogen and oxygen atoms in total. The third-order valence-electron chi connectivity index (χ3n) is 7.79. The highest BCUT2D eigenvalue weighted by Gasteiger charge is 2.43. The van der Waals surface area contributed by atoms with Crippen LogP contribution in [0.5, 0.6) is 0 Å². The first kappa shape index (κ1) is 26.0. The van der Waals surface area contributed by atoms with Crippen LogP contribution in [0.15, 0.2) is 36.4 Å². The Morgan fingerprint density at radius 2 is 0.939 bits per heavy atom. The van der Waals surface area contributed by atoms with E-state index in [1.165, 1.54) is 86.7 Å². The van der Waals surface area contributed by atoms with Gasteiger partial charge in [0, 0.05) is 17.5 Å². The van der Waals surface area contributed by atoms with E-state index in [1.807, 2.05) is 0 Å². The molecule has 0 spiro atoms. The van der Waals surface area contributed by atoms with Crippen molar-refractivity contribution in [3.63, 3.8) is 0 Å². The van der Waals surface area contributed by atoms with Crippen LogP contribution in [0.3, 0.4) is 0 Å². The van der Waals surface area contributed by atoms with Crippen molar-refractivity contribution in [2.75, 3.05) is 42.3 Å². The largest absolute Gasteiger partial charge is 0.298 e. The molecule has 0 fully saturated rings. The highest BCUT2D eigenvalue weighted by atomic mass is 15.3. The minimum absolute atomic E-state index is 0.180. The molecule has 0 atom stereocenters. The second-order valence-electron chi connectivity index (χ2n) is 12.2. The Kier molecular flexibility index (Phi) is 8.12. The molecule has 0 aromatic heterocycles. The van der Waals surface area contributed by atoms with E-state index < -0.39 is 0 Å². The summed E-state index contributed by atoms with van der Waals surface area (Å²) in [5, 5.41) is 0. The third kappa shape index (κ3) is 5.54. The first-order chi connectivity index (χ1) is 15.5. The fourth-order valence-electron chi connectivity index (χ4n) is 5.70. The van der Waals surface area contributed by atoms with Gasteiger partial charge in [-0.15, -0.1) is 0 Å². The highest BCUT2D eigenvalue weighted by Crippen LogP contribution is 2.55. The molecular formula is C31H50N2+2. The lowest BCUT2D eigenvalue weighted by Gasteiger charge is -2.33. The molecule has 0 bridgehead atoms. The van der Waals surface area contributed by atoms with Crippen LogP contribution in [0.4, 0.5) is 11.4 Å². The normalized spacial score (nSPS) is 14.9. The average molecular weight is 451 g/mol. The van der Waals surface area contributed by atoms with Gasteiger partial charge in [-0.05, 0) is 47.2 Å². The zero-order valence-corrected chi connectivity index (χ0v) is 22.9. The fourth-order valence-corrected chi connectivity index (χ4v) is 5.70. The summed E-state index contributed by atoms with van der Waals surface area (Å²) < 4.78 is 1.72. The van der Waals surface area contributed by atoms with Crippen LogP contribution in [0, 0.1) is 0 Å². The van der Waals surface area contributed by atoms with Crippen LogP contribution >= 0.6 is 0 Å². The van der Waals surface area contributed by atoms with Gasteiger partial charge in [0.25, 0.3) is 0 Å². The second-order valence-corrected chi connectivity index (χ2v) is 12.2. The van der Waals surface area contributed by atoms with Crippen molar-refractivity contribution >= 4 is 11.4 Å². The molecule has 0 saturated carbocycles. The Labute approximate surface area is 204 Å². The van der Waals surface area contributed by atoms with E-state index in [0.717, 1.165) is 8.97 Å². The van der Waals surface area contributed by atoms with Crippen LogP contribution in [0.1, 0.15) is 89.2 Å². The molecule has 182 valence electrons. The van der Waals surface area contributed by atoms with Crippen LogP contribution in [-0.2, 0) is 5.41 Å². The van der Waals surface area contributed by atoms with Crippen molar-refractivity contribution in [3.05, 3.63) is 47.5 Å². The van der Waals surface area contributed by atoms with Crippen LogP contribution < -0.4 is 8.97 Å². The van der Waals surface area contributed by atoms with E-state index in [2.05, 4.69) is 92.5 Å². The molecule has 0 radical (unpaired) electrons. The molecular weight excluding hydrogens is 400 g/mol. The Bertz CT molecular complexity index is 849. The minimum atomic E-state index is 0.180. The summed E-state index contributed by atoms with van der Waals surface area (Å²) >= 11 is 0. The highest BCUT2D eigenvalue weighted by molar-refractivity contribution is 5.85. The first-order valence-corrected chi connectivity index (χ1v) is 13.5. The quantitative estimate of drug-likeness (QED) is 0.225. The fraction of sp³-hybridized carbons (Fsp3) is 0.613. The summed E-state index contributed by atoms with van der Waals surface area (Å²) in [5.74, 6) is 0. The number of hydrogen-bond donors (Lipinski definition) is 0. The maximum absolute atomic E-state index is 2.51. The number of unbranched alkanes of at least 4 members (excludes halogenated alkanes) is 6. The zero-order chi connectivity index (χ0) is 24.3. The van der Waals surface area contributed by atoms with Crippen molar-refractivity contribution in [2.24, 2.45) is 0 Å². The van der Waals surface area contributed by atoms with E-state index in [1.54, 1.807) is 11.1 Å². The van der Waals surface area contributed by atoms with Gasteiger partial charge in [0.05, 0.1) is 42.3 Å². The molecule has 1 aliphatic carbocycles. The van der Waals surface area contributed by atoms with Gasteiger partial charge >= 0.3 is 0 Å². The summed E-state index contributed by atoms with van der Waals surface area (Å²) in [6.45, 7) is 4.64. The lowest BCUT2D eigenvalue weighted by molar-refractivity contribution is 0.400. The van der Waals surface area contributed by atoms with E-state index in [9.17, 15) is 0 Å². The monoisotopic (exact) mass is 450 g/mol. The van der Waals surface area contributed by atoms with Gasteiger partial charge in [-0.1, -0.05) is 77.3 Å². The summed E-state index contributed by atoms with van der Waals surface area (Å²) in [6.07, 6.45) is 13.2. The molecule has 0 unspecified atom stereocenters. The number of rotatable bonds is 12. The van der Waals surface area contributed by atoms with E-state index in [4.69, 9.17) is 0 Å². The maximum atomic E-state index is 2.51. The van der Waals surface area contributed by atoms with Crippen LogP contribution in [0.2, 0.25) is 0 Å². The van der Waals surface area contributed by atoms with Gasteiger partial charge in [0.15, 0.2) is 0 Å². The van der Waals surface area contributed by atoms with E-state index in [-0.39, 0.29) is 5.41 Å². The molecule has 1 aliphatic rings. The molecule has 2 aromatic rings. The molecule has 3 rings (SSSR count). The van der Waals surface area contributed by atoms with Crippen molar-refractivity contribution in [3.8, 4) is 11.1 Å². The predicted octanol–water partition coefficient (Wildman–Crippen LogP) is 8.29. The van der Waals surface area contributed by atoms with Gasteiger partial charge in [0.1, 0.15) is 11.4 Å². The van der Waals surface area contributed by atoms with Crippen LogP contribution in [0.25, 0.3) is 11.1 Å². The topological polar surface area (TPSA) is 0 Å². The first-order valence-electron chi connectivity index (χ1n) is 13.5. The predicted molar refractivity (Wildman–Crippen MR) is 149 cm³/mol. The summed E-state index contributed by atoms with van der Waals surface area (Å²) in [6, 6.07) is 14.8. The minimum Gasteiger partial charge on any atom is -0.298 e. The third-order valence-corrected chi connectivity index (χ3v) is 7.79. The number of fused-ring (bicyclic) bond motifs is 3. The maximum Gasteiger partial charge on any atom is 0.132 e. The molecule has 0 aliphatic heterocycles. The lowest BCUT2D eigenvalue weighted by atomic mass is 9.70. The van der Waals surface area contributed by atoms with Gasteiger partial charge in [-0.2, -0.15) is 0 Å². The standard InChI is InChI=1S/C31H50N2/c1-9-11-13-15-21-31(22-16-14-12-10-2)29-19-17-25(32(3,4)5)23-27(29)28-24-26(33(6,7)8)18-20-30(28)31/h17-20,23-24H,9-16,21-22H2,1-8H3/q+2. The van der Waals surface area contributed by atoms with Crippen LogP contribution in [-0.4, -0.2) is 42.3 Å². The number of benzene rings is 2. The van der Waals surface area contributed by atoms with Crippen molar-refractivity contribution in [2.45, 2.75) is 83.5 Å². The molecule has 33 heavy (non-hydrogen) atoms. The Morgan fingerprint density at radius 3 is 1.27 bits per heavy atom. The molecule has 0 N–H and O–H groups in total. The summed E-state index contributed by atoms with van der Waals surface area (Å²) in [7, 11) is 13.7. The molecule has 2 heteroatoms. The van der Waals surface area contributed by atoms with Crippen molar-refractivity contribution in [1.82, 2.24) is 8.97 Å². The SMILES string of the molecule is CCCCCCC1(CCCCCC)c2ccc([N+](C)(C)C)cc2-c2cc([N+](C)(C)C)ccc21. The Hall–Kier alpha value is -1.64. The smallest absolute Gasteiger partial charge is 0.132 e. The van der Waals surface area contributed by atoms with Gasteiger partial charge in [0.2, 0.25) is 0 Å². The molecule has 2 aromatic carbocycles. The second kappa shape index (κ2) is 10.3. The number of nitrogens with zero attached hydrogens (tertiary/aromatic N) is 2. The van der Waals surface area contributed by atoms with Crippen molar-refractivity contribution < 1.29 is 0 Å². The molecule has 0 heterocycles. The van der Waals surface area contributed by atoms with Gasteiger partial charge in [-0.3, -0.25) is 8.97 Å². The van der Waals surface area contributed by atoms with Gasteiger partial charge in [-0.25, -0.2) is 0 Å². The molecule has 0 saturated heterocycles. The molecule has 0 amide bonds. The summed E-state index contributed by atoms with van der Waals surface area (Å²) in [4.78, 5) is 0. The Balaban J connectivity index is 2.16. The Morgan fingerprint density at radius 1 is 0.545 bits per heavy atom. The van der Waals surface area contributed by atoms with Crippen molar-refractivity contribution in [1.29, 1.82) is 0 Å². The van der Waals surface area contributed by atoms with E-state index >= 15 is 0 Å². The van der Waals surface area contributed by atoms with Gasteiger partial charge < -0.3 is 0 Å². The average Bonchev–Trinajstić information content (AvgIpc) is 3.02.